The second-order valence-corrected chi connectivity index (χ2v) is 4.08. The second kappa shape index (κ2) is 3.74. The molecule has 0 spiro atoms. The largest absolute Gasteiger partial charge is 0.332 e. The quantitative estimate of drug-likeness (QED) is 0.745. The lowest BCUT2D eigenvalue weighted by molar-refractivity contribution is 0.533. The maximum absolute atomic E-state index is 8.79. The maximum Gasteiger partial charge on any atom is 0.142 e. The fourth-order valence-electron chi connectivity index (χ4n) is 1.66. The van der Waals surface area contributed by atoms with E-state index in [0.29, 0.717) is 11.6 Å². The smallest absolute Gasteiger partial charge is 0.142 e. The lowest BCUT2D eigenvalue weighted by atomic mass is 10.2. The van der Waals surface area contributed by atoms with Gasteiger partial charge in [-0.3, -0.25) is 0 Å². The van der Waals surface area contributed by atoms with Crippen molar-refractivity contribution in [1.29, 1.82) is 5.26 Å². The molecular formula is C12H13N3. The first-order valence-corrected chi connectivity index (χ1v) is 5.06. The third-order valence-electron chi connectivity index (χ3n) is 2.29. The number of pyridine rings is 1. The molecule has 76 valence electrons. The van der Waals surface area contributed by atoms with Crippen LogP contribution in [0.15, 0.2) is 24.4 Å². The van der Waals surface area contributed by atoms with E-state index < -0.39 is 0 Å². The molecule has 3 heteroatoms. The van der Waals surface area contributed by atoms with E-state index in [1.807, 2.05) is 18.3 Å². The molecule has 0 amide bonds. The molecule has 0 aliphatic carbocycles. The Labute approximate surface area is 89.0 Å². The zero-order chi connectivity index (χ0) is 10.8. The van der Waals surface area contributed by atoms with E-state index in [4.69, 9.17) is 5.26 Å². The summed E-state index contributed by atoms with van der Waals surface area (Å²) in [7, 11) is 0. The summed E-state index contributed by atoms with van der Waals surface area (Å²) in [5, 5.41) is 9.88. The number of hydrogen-bond donors (Lipinski definition) is 0. The molecule has 0 saturated carbocycles. The van der Waals surface area contributed by atoms with Gasteiger partial charge in [-0.25, -0.2) is 4.98 Å². The summed E-state index contributed by atoms with van der Waals surface area (Å²) in [4.78, 5) is 4.31. The standard InChI is InChI=1S/C12H13N3/c1-9(2)8-15-6-5-10-3-4-11(7-13)14-12(10)15/h3-6,9H,8H2,1-2H3. The summed E-state index contributed by atoms with van der Waals surface area (Å²) in [5.74, 6) is 0.577. The summed E-state index contributed by atoms with van der Waals surface area (Å²) in [6.45, 7) is 5.27. The molecule has 3 nitrogen and oxygen atoms in total. The van der Waals surface area contributed by atoms with E-state index in [0.717, 1.165) is 17.6 Å². The average molecular weight is 199 g/mol. The SMILES string of the molecule is CC(C)Cn1ccc2ccc(C#N)nc21. The highest BCUT2D eigenvalue weighted by Crippen LogP contribution is 2.15. The normalized spacial score (nSPS) is 10.8. The molecule has 0 atom stereocenters. The van der Waals surface area contributed by atoms with Crippen molar-refractivity contribution in [1.82, 2.24) is 9.55 Å². The molecular weight excluding hydrogens is 186 g/mol. The molecule has 0 unspecified atom stereocenters. The summed E-state index contributed by atoms with van der Waals surface area (Å²) in [6, 6.07) is 7.79. The number of hydrogen-bond acceptors (Lipinski definition) is 2. The zero-order valence-electron chi connectivity index (χ0n) is 8.94. The second-order valence-electron chi connectivity index (χ2n) is 4.08. The minimum atomic E-state index is 0.478. The van der Waals surface area contributed by atoms with Gasteiger partial charge in [0.15, 0.2) is 0 Å². The van der Waals surface area contributed by atoms with Crippen molar-refractivity contribution in [2.45, 2.75) is 20.4 Å². The van der Waals surface area contributed by atoms with Gasteiger partial charge in [0.05, 0.1) is 0 Å². The first kappa shape index (κ1) is 9.72. The van der Waals surface area contributed by atoms with E-state index in [1.54, 1.807) is 6.07 Å². The lowest BCUT2D eigenvalue weighted by Gasteiger charge is -2.07. The van der Waals surface area contributed by atoms with Gasteiger partial charge in [-0.1, -0.05) is 13.8 Å². The Kier molecular flexibility index (Phi) is 2.42. The Balaban J connectivity index is 2.52. The minimum absolute atomic E-state index is 0.478. The fraction of sp³-hybridized carbons (Fsp3) is 0.333. The van der Waals surface area contributed by atoms with Crippen LogP contribution in [0.1, 0.15) is 19.5 Å². The van der Waals surface area contributed by atoms with Crippen molar-refractivity contribution < 1.29 is 0 Å². The van der Waals surface area contributed by atoms with Gasteiger partial charge in [-0.05, 0) is 24.1 Å². The highest BCUT2D eigenvalue weighted by Gasteiger charge is 2.04. The van der Waals surface area contributed by atoms with Crippen LogP contribution in [0.4, 0.5) is 0 Å². The van der Waals surface area contributed by atoms with Crippen molar-refractivity contribution >= 4 is 11.0 Å². The van der Waals surface area contributed by atoms with Gasteiger partial charge in [0.1, 0.15) is 17.4 Å². The predicted octanol–water partition coefficient (Wildman–Crippen LogP) is 2.56. The lowest BCUT2D eigenvalue weighted by Crippen LogP contribution is -2.03. The molecule has 2 aromatic rings. The Morgan fingerprint density at radius 1 is 1.40 bits per heavy atom. The van der Waals surface area contributed by atoms with E-state index in [9.17, 15) is 0 Å². The number of rotatable bonds is 2. The van der Waals surface area contributed by atoms with Gasteiger partial charge in [-0.15, -0.1) is 0 Å². The molecule has 0 aromatic carbocycles. The minimum Gasteiger partial charge on any atom is -0.332 e. The van der Waals surface area contributed by atoms with Crippen molar-refractivity contribution in [2.24, 2.45) is 5.92 Å². The van der Waals surface area contributed by atoms with E-state index in [1.165, 1.54) is 0 Å². The van der Waals surface area contributed by atoms with E-state index in [-0.39, 0.29) is 0 Å². The molecule has 0 fully saturated rings. The molecule has 0 N–H and O–H groups in total. The number of fused-ring (bicyclic) bond motifs is 1. The van der Waals surface area contributed by atoms with Crippen LogP contribution in [0.5, 0.6) is 0 Å². The van der Waals surface area contributed by atoms with Crippen LogP contribution in [0, 0.1) is 17.2 Å². The molecule has 2 aromatic heterocycles. The van der Waals surface area contributed by atoms with Crippen molar-refractivity contribution in [2.75, 3.05) is 0 Å². The topological polar surface area (TPSA) is 41.6 Å². The Morgan fingerprint density at radius 2 is 2.20 bits per heavy atom. The molecule has 0 bridgehead atoms. The van der Waals surface area contributed by atoms with E-state index >= 15 is 0 Å². The number of nitriles is 1. The van der Waals surface area contributed by atoms with Crippen molar-refractivity contribution in [3.63, 3.8) is 0 Å². The Bertz CT molecular complexity index is 517. The third kappa shape index (κ3) is 1.84. The average Bonchev–Trinajstić information content (AvgIpc) is 2.60. The van der Waals surface area contributed by atoms with Crippen molar-refractivity contribution in [3.8, 4) is 6.07 Å². The first-order chi connectivity index (χ1) is 7.20. The molecule has 0 radical (unpaired) electrons. The van der Waals surface area contributed by atoms with Crippen LogP contribution < -0.4 is 0 Å². The van der Waals surface area contributed by atoms with Crippen LogP contribution in [-0.4, -0.2) is 9.55 Å². The van der Waals surface area contributed by atoms with Gasteiger partial charge < -0.3 is 4.57 Å². The molecule has 0 aliphatic rings. The van der Waals surface area contributed by atoms with Crippen LogP contribution in [-0.2, 0) is 6.54 Å². The van der Waals surface area contributed by atoms with Gasteiger partial charge in [0.2, 0.25) is 0 Å². The number of nitrogens with zero attached hydrogens (tertiary/aromatic N) is 3. The summed E-state index contributed by atoms with van der Waals surface area (Å²) in [5.41, 5.74) is 1.38. The number of aromatic nitrogens is 2. The maximum atomic E-state index is 8.79. The molecule has 0 aliphatic heterocycles. The van der Waals surface area contributed by atoms with Crippen molar-refractivity contribution in [3.05, 3.63) is 30.1 Å². The summed E-state index contributed by atoms with van der Waals surface area (Å²) in [6.07, 6.45) is 2.03. The van der Waals surface area contributed by atoms with Gasteiger partial charge in [-0.2, -0.15) is 5.26 Å². The van der Waals surface area contributed by atoms with Crippen LogP contribution >= 0.6 is 0 Å². The molecule has 2 rings (SSSR count). The highest BCUT2D eigenvalue weighted by molar-refractivity contribution is 5.76. The first-order valence-electron chi connectivity index (χ1n) is 5.06. The summed E-state index contributed by atoms with van der Waals surface area (Å²) < 4.78 is 2.10. The molecule has 2 heterocycles. The van der Waals surface area contributed by atoms with Gasteiger partial charge in [0, 0.05) is 18.1 Å². The zero-order valence-corrected chi connectivity index (χ0v) is 8.94. The highest BCUT2D eigenvalue weighted by atomic mass is 15.0. The third-order valence-corrected chi connectivity index (χ3v) is 2.29. The van der Waals surface area contributed by atoms with E-state index in [2.05, 4.69) is 29.5 Å². The van der Waals surface area contributed by atoms with Crippen LogP contribution in [0.3, 0.4) is 0 Å². The monoisotopic (exact) mass is 199 g/mol. The van der Waals surface area contributed by atoms with Gasteiger partial charge in [0.25, 0.3) is 0 Å². The van der Waals surface area contributed by atoms with Crippen LogP contribution in [0.2, 0.25) is 0 Å². The molecule has 15 heavy (non-hydrogen) atoms. The Hall–Kier alpha value is -1.82. The Morgan fingerprint density at radius 3 is 2.87 bits per heavy atom. The van der Waals surface area contributed by atoms with Gasteiger partial charge >= 0.3 is 0 Å². The molecule has 0 saturated heterocycles. The predicted molar refractivity (Wildman–Crippen MR) is 59.3 cm³/mol. The summed E-state index contributed by atoms with van der Waals surface area (Å²) >= 11 is 0. The fourth-order valence-corrected chi connectivity index (χ4v) is 1.66. The van der Waals surface area contributed by atoms with Crippen LogP contribution in [0.25, 0.3) is 11.0 Å².